The number of benzene rings is 1. The Morgan fingerprint density at radius 1 is 1.22 bits per heavy atom. The SMILES string of the molecule is Nc1ncnc2c1ncn2CCCOC(=O)C1(c2ccc(Cl)cc2)CCC1. The van der Waals surface area contributed by atoms with E-state index in [1.165, 1.54) is 6.33 Å². The zero-order chi connectivity index (χ0) is 18.9. The molecular weight excluding hydrogens is 366 g/mol. The fraction of sp³-hybridized carbons (Fsp3) is 0.368. The van der Waals surface area contributed by atoms with Crippen LogP contribution in [0.5, 0.6) is 0 Å². The molecule has 0 spiro atoms. The molecule has 0 atom stereocenters. The number of halogens is 1. The first-order valence-corrected chi connectivity index (χ1v) is 9.32. The lowest BCUT2D eigenvalue weighted by molar-refractivity contribution is -0.154. The molecule has 140 valence electrons. The molecule has 27 heavy (non-hydrogen) atoms. The fourth-order valence-electron chi connectivity index (χ4n) is 3.51. The highest BCUT2D eigenvalue weighted by molar-refractivity contribution is 6.30. The predicted octanol–water partition coefficient (Wildman–Crippen LogP) is 3.12. The number of esters is 1. The number of aromatic nitrogens is 4. The summed E-state index contributed by atoms with van der Waals surface area (Å²) >= 11 is 5.96. The highest BCUT2D eigenvalue weighted by atomic mass is 35.5. The van der Waals surface area contributed by atoms with Crippen LogP contribution in [0.4, 0.5) is 5.82 Å². The Labute approximate surface area is 161 Å². The van der Waals surface area contributed by atoms with E-state index in [1.807, 2.05) is 28.8 Å². The molecule has 2 N–H and O–H groups in total. The van der Waals surface area contributed by atoms with Gasteiger partial charge >= 0.3 is 5.97 Å². The number of ether oxygens (including phenoxy) is 1. The molecule has 0 unspecified atom stereocenters. The summed E-state index contributed by atoms with van der Waals surface area (Å²) in [5.74, 6) is 0.207. The number of carbonyl (C=O) groups is 1. The summed E-state index contributed by atoms with van der Waals surface area (Å²) < 4.78 is 7.49. The average Bonchev–Trinajstić information content (AvgIpc) is 3.04. The van der Waals surface area contributed by atoms with Gasteiger partial charge < -0.3 is 15.0 Å². The summed E-state index contributed by atoms with van der Waals surface area (Å²) in [4.78, 5) is 25.1. The van der Waals surface area contributed by atoms with Crippen molar-refractivity contribution in [3.8, 4) is 0 Å². The number of rotatable bonds is 6. The van der Waals surface area contributed by atoms with Crippen LogP contribution in [0.1, 0.15) is 31.2 Å². The van der Waals surface area contributed by atoms with Gasteiger partial charge in [0.25, 0.3) is 0 Å². The van der Waals surface area contributed by atoms with Crippen molar-refractivity contribution in [3.05, 3.63) is 47.5 Å². The van der Waals surface area contributed by atoms with E-state index in [0.717, 1.165) is 24.8 Å². The highest BCUT2D eigenvalue weighted by Crippen LogP contribution is 2.45. The maximum Gasteiger partial charge on any atom is 0.316 e. The molecule has 2 heterocycles. The van der Waals surface area contributed by atoms with Gasteiger partial charge in [-0.15, -0.1) is 0 Å². The van der Waals surface area contributed by atoms with Gasteiger partial charge in [-0.05, 0) is 37.0 Å². The molecule has 1 fully saturated rings. The van der Waals surface area contributed by atoms with Gasteiger partial charge in [0.15, 0.2) is 11.5 Å². The van der Waals surface area contributed by atoms with Crippen molar-refractivity contribution in [2.24, 2.45) is 0 Å². The Bertz CT molecular complexity index is 966. The summed E-state index contributed by atoms with van der Waals surface area (Å²) in [5, 5.41) is 0.665. The molecule has 3 aromatic rings. The van der Waals surface area contributed by atoms with Gasteiger partial charge in [-0.2, -0.15) is 0 Å². The lowest BCUT2D eigenvalue weighted by atomic mass is 9.64. The summed E-state index contributed by atoms with van der Waals surface area (Å²) in [5.41, 5.74) is 7.53. The van der Waals surface area contributed by atoms with Crippen molar-refractivity contribution in [1.82, 2.24) is 19.5 Å². The molecule has 1 saturated carbocycles. The van der Waals surface area contributed by atoms with Crippen molar-refractivity contribution in [3.63, 3.8) is 0 Å². The van der Waals surface area contributed by atoms with Crippen LogP contribution in [-0.2, 0) is 21.5 Å². The van der Waals surface area contributed by atoms with Gasteiger partial charge in [-0.1, -0.05) is 30.2 Å². The molecule has 0 saturated heterocycles. The van der Waals surface area contributed by atoms with E-state index in [4.69, 9.17) is 22.1 Å². The van der Waals surface area contributed by atoms with Crippen molar-refractivity contribution < 1.29 is 9.53 Å². The number of nitrogens with two attached hydrogens (primary N) is 1. The van der Waals surface area contributed by atoms with E-state index in [1.54, 1.807) is 6.33 Å². The second-order valence-corrected chi connectivity index (χ2v) is 7.24. The van der Waals surface area contributed by atoms with E-state index >= 15 is 0 Å². The standard InChI is InChI=1S/C19H20ClN5O2/c20-14-5-3-13(4-6-14)19(7-1-8-19)18(26)27-10-2-9-25-12-24-15-16(21)22-11-23-17(15)25/h3-6,11-12H,1-2,7-10H2,(H2,21,22,23). The van der Waals surface area contributed by atoms with Crippen molar-refractivity contribution in [2.45, 2.75) is 37.6 Å². The van der Waals surface area contributed by atoms with Gasteiger partial charge in [0, 0.05) is 11.6 Å². The smallest absolute Gasteiger partial charge is 0.316 e. The van der Waals surface area contributed by atoms with Crippen LogP contribution >= 0.6 is 11.6 Å². The molecule has 0 radical (unpaired) electrons. The largest absolute Gasteiger partial charge is 0.465 e. The van der Waals surface area contributed by atoms with E-state index in [2.05, 4.69) is 15.0 Å². The minimum atomic E-state index is -0.520. The van der Waals surface area contributed by atoms with Gasteiger partial charge in [0.1, 0.15) is 11.8 Å². The van der Waals surface area contributed by atoms with E-state index in [-0.39, 0.29) is 5.97 Å². The molecule has 1 aliphatic carbocycles. The lowest BCUT2D eigenvalue weighted by Crippen LogP contribution is -2.43. The van der Waals surface area contributed by atoms with Crippen LogP contribution in [-0.4, -0.2) is 32.1 Å². The molecule has 1 aromatic carbocycles. The van der Waals surface area contributed by atoms with Crippen molar-refractivity contribution in [1.29, 1.82) is 0 Å². The summed E-state index contributed by atoms with van der Waals surface area (Å²) in [6, 6.07) is 7.49. The van der Waals surface area contributed by atoms with Crippen molar-refractivity contribution >= 4 is 34.6 Å². The number of hydrogen-bond acceptors (Lipinski definition) is 6. The monoisotopic (exact) mass is 385 g/mol. The van der Waals surface area contributed by atoms with Crippen LogP contribution < -0.4 is 5.73 Å². The Kier molecular flexibility index (Phi) is 4.70. The van der Waals surface area contributed by atoms with Crippen LogP contribution in [0.2, 0.25) is 5.02 Å². The third-order valence-electron chi connectivity index (χ3n) is 5.20. The van der Waals surface area contributed by atoms with E-state index < -0.39 is 5.41 Å². The first-order chi connectivity index (χ1) is 13.1. The summed E-state index contributed by atoms with van der Waals surface area (Å²) in [6.45, 7) is 0.975. The number of nitrogen functional groups attached to an aromatic ring is 1. The number of aryl methyl sites for hydroxylation is 1. The lowest BCUT2D eigenvalue weighted by Gasteiger charge is -2.39. The third-order valence-corrected chi connectivity index (χ3v) is 5.45. The fourth-order valence-corrected chi connectivity index (χ4v) is 3.64. The Balaban J connectivity index is 1.36. The van der Waals surface area contributed by atoms with Crippen LogP contribution in [0.25, 0.3) is 11.2 Å². The van der Waals surface area contributed by atoms with E-state index in [0.29, 0.717) is 41.6 Å². The number of anilines is 1. The Hall–Kier alpha value is -2.67. The average molecular weight is 386 g/mol. The summed E-state index contributed by atoms with van der Waals surface area (Å²) in [6.07, 6.45) is 6.42. The first kappa shape index (κ1) is 17.7. The molecule has 0 aliphatic heterocycles. The number of carbonyl (C=O) groups excluding carboxylic acids is 1. The quantitative estimate of drug-likeness (QED) is 0.517. The highest BCUT2D eigenvalue weighted by Gasteiger charge is 2.47. The molecular formula is C19H20ClN5O2. The third kappa shape index (κ3) is 3.23. The molecule has 4 rings (SSSR count). The van der Waals surface area contributed by atoms with Gasteiger partial charge in [-0.25, -0.2) is 15.0 Å². The molecule has 2 aromatic heterocycles. The maximum absolute atomic E-state index is 12.7. The molecule has 7 nitrogen and oxygen atoms in total. The Morgan fingerprint density at radius 2 is 2.00 bits per heavy atom. The number of hydrogen-bond donors (Lipinski definition) is 1. The minimum Gasteiger partial charge on any atom is -0.465 e. The first-order valence-electron chi connectivity index (χ1n) is 8.95. The Morgan fingerprint density at radius 3 is 2.70 bits per heavy atom. The van der Waals surface area contributed by atoms with Gasteiger partial charge in [0.05, 0.1) is 18.3 Å². The number of fused-ring (bicyclic) bond motifs is 1. The number of imidazole rings is 1. The van der Waals surface area contributed by atoms with Crippen molar-refractivity contribution in [2.75, 3.05) is 12.3 Å². The zero-order valence-corrected chi connectivity index (χ0v) is 15.5. The normalized spacial score (nSPS) is 15.4. The molecule has 0 bridgehead atoms. The molecule has 0 amide bonds. The topological polar surface area (TPSA) is 95.9 Å². The predicted molar refractivity (Wildman–Crippen MR) is 102 cm³/mol. The second-order valence-electron chi connectivity index (χ2n) is 6.80. The van der Waals surface area contributed by atoms with Gasteiger partial charge in [0.2, 0.25) is 0 Å². The van der Waals surface area contributed by atoms with Crippen LogP contribution in [0, 0.1) is 0 Å². The molecule has 1 aliphatic rings. The number of nitrogens with zero attached hydrogens (tertiary/aromatic N) is 4. The van der Waals surface area contributed by atoms with Crippen LogP contribution in [0.15, 0.2) is 36.9 Å². The maximum atomic E-state index is 12.7. The zero-order valence-electron chi connectivity index (χ0n) is 14.8. The van der Waals surface area contributed by atoms with Gasteiger partial charge in [-0.3, -0.25) is 4.79 Å². The minimum absolute atomic E-state index is 0.155. The van der Waals surface area contributed by atoms with E-state index in [9.17, 15) is 4.79 Å². The summed E-state index contributed by atoms with van der Waals surface area (Å²) in [7, 11) is 0. The molecule has 8 heteroatoms. The second kappa shape index (κ2) is 7.15. The van der Waals surface area contributed by atoms with Crippen LogP contribution in [0.3, 0.4) is 0 Å².